The number of carbonyl (C=O) groups excluding carboxylic acids is 5. The van der Waals surface area contributed by atoms with Crippen LogP contribution >= 0.6 is 0 Å². The molecule has 0 radical (unpaired) electrons. The molecule has 2 aliphatic carbocycles. The zero-order valence-electron chi connectivity index (χ0n) is 30.7. The molecular weight excluding hydrogens is 652 g/mol. The normalized spacial score (nSPS) is 33.3. The summed E-state index contributed by atoms with van der Waals surface area (Å²) in [6.07, 6.45) is 7.71. The Bertz CT molecular complexity index is 1580. The van der Waals surface area contributed by atoms with Crippen molar-refractivity contribution in [2.75, 3.05) is 13.2 Å². The van der Waals surface area contributed by atoms with Crippen molar-refractivity contribution in [2.24, 2.45) is 17.3 Å². The highest BCUT2D eigenvalue weighted by atomic mass is 16.6. The number of ketones is 1. The number of cyclic esters (lactones) is 1. The van der Waals surface area contributed by atoms with Gasteiger partial charge < -0.3 is 30.1 Å². The first kappa shape index (κ1) is 36.8. The Balaban J connectivity index is 1.29. The van der Waals surface area contributed by atoms with E-state index in [0.717, 1.165) is 36.8 Å². The third kappa shape index (κ3) is 7.25. The number of aryl methyl sites for hydroxylation is 1. The van der Waals surface area contributed by atoms with Crippen molar-refractivity contribution in [1.82, 2.24) is 20.4 Å². The first-order valence-corrected chi connectivity index (χ1v) is 18.7. The molecule has 6 rings (SSSR count). The minimum atomic E-state index is -1.45. The molecule has 1 saturated heterocycles. The van der Waals surface area contributed by atoms with Gasteiger partial charge in [0.2, 0.25) is 11.8 Å². The molecule has 2 unspecified atom stereocenters. The molecule has 4 amide bonds. The Morgan fingerprint density at radius 1 is 1.08 bits per heavy atom. The van der Waals surface area contributed by atoms with Crippen molar-refractivity contribution in [3.63, 3.8) is 0 Å². The van der Waals surface area contributed by atoms with Gasteiger partial charge in [-0.2, -0.15) is 0 Å². The van der Waals surface area contributed by atoms with E-state index in [0.29, 0.717) is 32.4 Å². The van der Waals surface area contributed by atoms with Crippen molar-refractivity contribution < 1.29 is 38.6 Å². The number of Topliss-reactive ketones (excluding diaryl/α,β-unsaturated/α-hetero) is 1. The number of ether oxygens (including phenoxy) is 2. The number of nitrogens with zero attached hydrogens (tertiary/aromatic N) is 2. The Kier molecular flexibility index (Phi) is 10.3. The summed E-state index contributed by atoms with van der Waals surface area (Å²) in [5.41, 5.74) is 0.280. The van der Waals surface area contributed by atoms with Gasteiger partial charge in [-0.15, -0.1) is 0 Å². The number of hydrogen-bond donors (Lipinski definition) is 3. The van der Waals surface area contributed by atoms with Gasteiger partial charge in [-0.3, -0.25) is 19.3 Å². The number of aliphatic hydroxyl groups is 1. The smallest absolute Gasteiger partial charge is 0.410 e. The highest BCUT2D eigenvalue weighted by Gasteiger charge is 2.61. The van der Waals surface area contributed by atoms with Gasteiger partial charge in [-0.25, -0.2) is 9.59 Å². The maximum absolute atomic E-state index is 14.5. The van der Waals surface area contributed by atoms with Crippen LogP contribution in [0.15, 0.2) is 30.4 Å². The molecule has 3 heterocycles. The summed E-state index contributed by atoms with van der Waals surface area (Å²) >= 11 is 0. The molecule has 0 aromatic heterocycles. The van der Waals surface area contributed by atoms with Gasteiger partial charge in [0.25, 0.3) is 0 Å². The van der Waals surface area contributed by atoms with Crippen LogP contribution in [0.5, 0.6) is 0 Å². The van der Waals surface area contributed by atoms with E-state index in [2.05, 4.69) is 16.7 Å². The Labute approximate surface area is 300 Å². The Morgan fingerprint density at radius 3 is 2.53 bits per heavy atom. The average molecular weight is 707 g/mol. The summed E-state index contributed by atoms with van der Waals surface area (Å²) in [6, 6.07) is 4.08. The average Bonchev–Trinajstić information content (AvgIpc) is 3.82. The molecular formula is C39H54N4O8. The van der Waals surface area contributed by atoms with Gasteiger partial charge in [-0.05, 0) is 67.6 Å². The second-order valence-corrected chi connectivity index (χ2v) is 16.5. The first-order chi connectivity index (χ1) is 24.1. The predicted molar refractivity (Wildman–Crippen MR) is 188 cm³/mol. The van der Waals surface area contributed by atoms with Gasteiger partial charge in [0, 0.05) is 31.3 Å². The zero-order valence-corrected chi connectivity index (χ0v) is 30.7. The van der Waals surface area contributed by atoms with Crippen molar-refractivity contribution >= 4 is 29.8 Å². The lowest BCUT2D eigenvalue weighted by Gasteiger charge is -2.52. The van der Waals surface area contributed by atoms with Crippen LogP contribution in [-0.4, -0.2) is 87.2 Å². The molecule has 1 saturated carbocycles. The van der Waals surface area contributed by atoms with Crippen molar-refractivity contribution in [3.8, 4) is 0 Å². The topological polar surface area (TPSA) is 155 Å². The van der Waals surface area contributed by atoms with E-state index in [-0.39, 0.29) is 37.7 Å². The fourth-order valence-electron chi connectivity index (χ4n) is 8.80. The Morgan fingerprint density at radius 2 is 1.82 bits per heavy atom. The van der Waals surface area contributed by atoms with Crippen molar-refractivity contribution in [2.45, 2.75) is 135 Å². The number of carbonyl (C=O) groups is 5. The van der Waals surface area contributed by atoms with Crippen LogP contribution in [-0.2, 0) is 43.4 Å². The summed E-state index contributed by atoms with van der Waals surface area (Å²) in [6.45, 7) is 10.0. The van der Waals surface area contributed by atoms with Crippen molar-refractivity contribution in [1.29, 1.82) is 0 Å². The SMILES string of the molecule is CC[C@@H]1C=CC[C@]1(NC(=O)[C@@H]1C[C@@H]2CN1C(=O)[C@H](C(C)(C)C)NC(=O)OCCCCCCc1cccc3c1CN(C3)C(=O)O2)C1CC(C)(O)C1=O. The fourth-order valence-corrected chi connectivity index (χ4v) is 8.80. The zero-order chi connectivity index (χ0) is 36.7. The third-order valence-corrected chi connectivity index (χ3v) is 11.8. The first-order valence-electron chi connectivity index (χ1n) is 18.7. The van der Waals surface area contributed by atoms with E-state index in [1.807, 2.05) is 52.0 Å². The monoisotopic (exact) mass is 706 g/mol. The molecule has 7 atom stereocenters. The van der Waals surface area contributed by atoms with Crippen LogP contribution in [0.25, 0.3) is 0 Å². The van der Waals surface area contributed by atoms with Gasteiger partial charge in [0.05, 0.1) is 18.7 Å². The molecule has 1 aromatic rings. The maximum atomic E-state index is 14.5. The predicted octanol–water partition coefficient (Wildman–Crippen LogP) is 4.55. The van der Waals surface area contributed by atoms with Gasteiger partial charge in [0.15, 0.2) is 5.78 Å². The van der Waals surface area contributed by atoms with Gasteiger partial charge >= 0.3 is 12.2 Å². The van der Waals surface area contributed by atoms with Crippen LogP contribution in [0, 0.1) is 17.3 Å². The fraction of sp³-hybridized carbons (Fsp3) is 0.667. The standard InChI is InChI=1S/C39H54N4O8/c1-6-26-16-12-17-39(26,29-20-38(5,49)32(29)44)41-33(45)30-19-27-22-43(30)34(46)31(37(2,3)4)40-35(47)50-18-10-8-7-9-13-24-14-11-15-25-21-42(23-28(24)25)36(48)51-27/h11-12,14-16,26-27,29-31,49H,6-10,13,17-23H2,1-5H3,(H,40,47)(H,41,45)/t26-,27-,29?,30+,31-,38?,39-/m1/s1. The number of rotatable bonds is 4. The minimum Gasteiger partial charge on any atom is -0.450 e. The number of benzene rings is 1. The molecule has 0 spiro atoms. The van der Waals surface area contributed by atoms with Crippen LogP contribution in [0.3, 0.4) is 0 Å². The van der Waals surface area contributed by atoms with Crippen LogP contribution in [0.2, 0.25) is 0 Å². The van der Waals surface area contributed by atoms with E-state index >= 15 is 0 Å². The molecule has 12 heteroatoms. The molecule has 12 nitrogen and oxygen atoms in total. The largest absolute Gasteiger partial charge is 0.450 e. The van der Waals surface area contributed by atoms with Crippen molar-refractivity contribution in [3.05, 3.63) is 47.0 Å². The molecule has 3 N–H and O–H groups in total. The second kappa shape index (κ2) is 14.2. The summed E-state index contributed by atoms with van der Waals surface area (Å²) in [5.74, 6) is -2.00. The highest BCUT2D eigenvalue weighted by Crippen LogP contribution is 2.49. The number of nitrogens with one attached hydrogen (secondary N) is 2. The second-order valence-electron chi connectivity index (χ2n) is 16.5. The number of alkyl carbamates (subject to hydrolysis) is 1. The lowest BCUT2D eigenvalue weighted by atomic mass is 9.58. The van der Waals surface area contributed by atoms with Crippen LogP contribution in [0.4, 0.5) is 9.59 Å². The quantitative estimate of drug-likeness (QED) is 0.386. The summed E-state index contributed by atoms with van der Waals surface area (Å²) in [4.78, 5) is 72.0. The minimum absolute atomic E-state index is 0.0441. The summed E-state index contributed by atoms with van der Waals surface area (Å²) < 4.78 is 11.6. The Hall–Kier alpha value is -3.93. The molecule has 51 heavy (non-hydrogen) atoms. The number of hydrogen-bond acceptors (Lipinski definition) is 8. The lowest BCUT2D eigenvalue weighted by Crippen LogP contribution is -2.69. The van der Waals surface area contributed by atoms with Crippen LogP contribution < -0.4 is 10.6 Å². The molecule has 4 bridgehead atoms. The maximum Gasteiger partial charge on any atom is 0.410 e. The van der Waals surface area contributed by atoms with Crippen LogP contribution in [0.1, 0.15) is 103 Å². The number of fused-ring (bicyclic) bond motifs is 3. The van der Waals surface area contributed by atoms with E-state index < -0.39 is 64.7 Å². The summed E-state index contributed by atoms with van der Waals surface area (Å²) in [5, 5.41) is 16.6. The van der Waals surface area contributed by atoms with E-state index in [1.54, 1.807) is 4.90 Å². The number of amides is 4. The summed E-state index contributed by atoms with van der Waals surface area (Å²) in [7, 11) is 0. The highest BCUT2D eigenvalue weighted by molar-refractivity contribution is 5.98. The van der Waals surface area contributed by atoms with Gasteiger partial charge in [0.1, 0.15) is 23.8 Å². The lowest BCUT2D eigenvalue weighted by molar-refractivity contribution is -0.166. The molecule has 2 fully saturated rings. The van der Waals surface area contributed by atoms with Gasteiger partial charge in [-0.1, -0.05) is 70.9 Å². The molecule has 1 aromatic carbocycles. The molecule has 278 valence electrons. The molecule has 5 aliphatic rings. The molecule has 3 aliphatic heterocycles. The third-order valence-electron chi connectivity index (χ3n) is 11.8. The van der Waals surface area contributed by atoms with E-state index in [1.165, 1.54) is 17.4 Å². The van der Waals surface area contributed by atoms with E-state index in [9.17, 15) is 29.1 Å². The van der Waals surface area contributed by atoms with E-state index in [4.69, 9.17) is 9.47 Å².